The van der Waals surface area contributed by atoms with Crippen LogP contribution in [0, 0.1) is 0 Å². The molecule has 0 spiro atoms. The van der Waals surface area contributed by atoms with E-state index >= 15 is 0 Å². The first-order chi connectivity index (χ1) is 13.3. The number of benzene rings is 2. The van der Waals surface area contributed by atoms with Crippen molar-refractivity contribution in [1.29, 1.82) is 0 Å². The lowest BCUT2D eigenvalue weighted by molar-refractivity contribution is 0.101. The van der Waals surface area contributed by atoms with Gasteiger partial charge in [-0.3, -0.25) is 9.59 Å². The first-order valence-corrected chi connectivity index (χ1v) is 9.34. The number of hydrogen-bond acceptors (Lipinski definition) is 3. The van der Waals surface area contributed by atoms with Gasteiger partial charge in [-0.2, -0.15) is 0 Å². The maximum atomic E-state index is 12.3. The van der Waals surface area contributed by atoms with Gasteiger partial charge in [0, 0.05) is 11.1 Å². The topological polar surface area (TPSA) is 71.1 Å². The molecule has 1 aromatic heterocycles. The Bertz CT molecular complexity index is 992. The van der Waals surface area contributed by atoms with Crippen molar-refractivity contribution >= 4 is 69.9 Å². The second kappa shape index (κ2) is 8.80. The highest BCUT2D eigenvalue weighted by Gasteiger charge is 2.12. The number of nitrogens with zero attached hydrogens (tertiary/aromatic N) is 1. The van der Waals surface area contributed by atoms with Crippen molar-refractivity contribution in [2.75, 3.05) is 10.6 Å². The van der Waals surface area contributed by atoms with Gasteiger partial charge in [0.05, 0.1) is 20.1 Å². The van der Waals surface area contributed by atoms with Crippen LogP contribution in [0.15, 0.2) is 54.6 Å². The van der Waals surface area contributed by atoms with Crippen molar-refractivity contribution in [1.82, 2.24) is 4.98 Å². The van der Waals surface area contributed by atoms with Gasteiger partial charge < -0.3 is 10.6 Å². The van der Waals surface area contributed by atoms with Crippen LogP contribution >= 0.6 is 46.4 Å². The Morgan fingerprint density at radius 2 is 1.07 bits per heavy atom. The van der Waals surface area contributed by atoms with Crippen molar-refractivity contribution in [2.24, 2.45) is 0 Å². The number of carbonyl (C=O) groups is 2. The molecule has 0 aliphatic rings. The van der Waals surface area contributed by atoms with Crippen LogP contribution in [-0.2, 0) is 0 Å². The summed E-state index contributed by atoms with van der Waals surface area (Å²) in [7, 11) is 0. The Balaban J connectivity index is 1.72. The molecule has 0 fully saturated rings. The molecule has 0 atom stereocenters. The average Bonchev–Trinajstić information content (AvgIpc) is 2.66. The third-order valence-electron chi connectivity index (χ3n) is 3.60. The van der Waals surface area contributed by atoms with E-state index in [2.05, 4.69) is 15.6 Å². The second-order valence-corrected chi connectivity index (χ2v) is 7.20. The highest BCUT2D eigenvalue weighted by Crippen LogP contribution is 2.24. The van der Waals surface area contributed by atoms with Gasteiger partial charge in [0.2, 0.25) is 0 Å². The number of nitrogens with one attached hydrogen (secondary N) is 2. The van der Waals surface area contributed by atoms with E-state index < -0.39 is 11.8 Å². The molecule has 0 bridgehead atoms. The molecule has 0 radical (unpaired) electrons. The van der Waals surface area contributed by atoms with E-state index in [0.29, 0.717) is 21.2 Å². The fourth-order valence-electron chi connectivity index (χ4n) is 2.23. The molecule has 3 aromatic rings. The number of carbonyl (C=O) groups excluding carboxylic acids is 2. The summed E-state index contributed by atoms with van der Waals surface area (Å²) in [5.41, 5.74) is 0.642. The monoisotopic (exact) mass is 453 g/mol. The quantitative estimate of drug-likeness (QED) is 0.492. The van der Waals surface area contributed by atoms with E-state index in [1.807, 2.05) is 0 Å². The summed E-state index contributed by atoms with van der Waals surface area (Å²) in [6.07, 6.45) is 0. The van der Waals surface area contributed by atoms with Crippen molar-refractivity contribution < 1.29 is 9.59 Å². The Morgan fingerprint density at radius 3 is 1.46 bits per heavy atom. The summed E-state index contributed by atoms with van der Waals surface area (Å²) in [6.45, 7) is 0. The van der Waals surface area contributed by atoms with Gasteiger partial charge in [-0.15, -0.1) is 0 Å². The van der Waals surface area contributed by atoms with Crippen LogP contribution in [0.5, 0.6) is 0 Å². The van der Waals surface area contributed by atoms with E-state index in [9.17, 15) is 9.59 Å². The van der Waals surface area contributed by atoms with Crippen LogP contribution in [0.25, 0.3) is 0 Å². The highest BCUT2D eigenvalue weighted by atomic mass is 35.5. The van der Waals surface area contributed by atoms with Crippen LogP contribution in [0.3, 0.4) is 0 Å². The lowest BCUT2D eigenvalue weighted by Crippen LogP contribution is -2.16. The third-order valence-corrected chi connectivity index (χ3v) is 5.07. The molecular weight excluding hydrogens is 444 g/mol. The Morgan fingerprint density at radius 1 is 0.643 bits per heavy atom. The molecule has 5 nitrogen and oxygen atoms in total. The molecule has 2 N–H and O–H groups in total. The molecule has 2 amide bonds. The Labute approximate surface area is 180 Å². The molecule has 9 heteroatoms. The zero-order valence-corrected chi connectivity index (χ0v) is 17.0. The summed E-state index contributed by atoms with van der Waals surface area (Å²) >= 11 is 23.6. The van der Waals surface area contributed by atoms with E-state index in [1.54, 1.807) is 30.3 Å². The molecule has 0 saturated heterocycles. The SMILES string of the molecule is O=C(Nc1cccc(NC(=O)c2ccc(Cl)c(Cl)c2)n1)c1ccc(Cl)c(Cl)c1. The van der Waals surface area contributed by atoms with Gasteiger partial charge in [0.15, 0.2) is 0 Å². The number of rotatable bonds is 4. The number of anilines is 2. The van der Waals surface area contributed by atoms with Gasteiger partial charge in [0.1, 0.15) is 11.6 Å². The minimum Gasteiger partial charge on any atom is -0.306 e. The molecule has 0 saturated carbocycles. The predicted octanol–water partition coefficient (Wildman–Crippen LogP) is 6.20. The first kappa shape index (κ1) is 20.4. The Kier molecular flexibility index (Phi) is 6.42. The zero-order valence-electron chi connectivity index (χ0n) is 14.0. The van der Waals surface area contributed by atoms with Gasteiger partial charge in [-0.05, 0) is 48.5 Å². The molecule has 1 heterocycles. The number of amides is 2. The predicted molar refractivity (Wildman–Crippen MR) is 113 cm³/mol. The Hall–Kier alpha value is -2.31. The summed E-state index contributed by atoms with van der Waals surface area (Å²) in [5, 5.41) is 6.50. The van der Waals surface area contributed by atoms with Crippen LogP contribution in [0.4, 0.5) is 11.6 Å². The number of halogens is 4. The standard InChI is InChI=1S/C19H11Cl4N3O2/c20-12-6-4-10(8-14(12)22)18(27)25-16-2-1-3-17(24-16)26-19(28)11-5-7-13(21)15(23)9-11/h1-9H,(H2,24,25,26,27,28). The molecule has 0 aliphatic heterocycles. The molecule has 0 aliphatic carbocycles. The fraction of sp³-hybridized carbons (Fsp3) is 0. The smallest absolute Gasteiger partial charge is 0.256 e. The molecule has 2 aromatic carbocycles. The van der Waals surface area contributed by atoms with Gasteiger partial charge in [-0.1, -0.05) is 52.5 Å². The van der Waals surface area contributed by atoms with E-state index in [-0.39, 0.29) is 21.7 Å². The summed E-state index contributed by atoms with van der Waals surface area (Å²) in [5.74, 6) is -0.330. The van der Waals surface area contributed by atoms with Crippen molar-refractivity contribution in [2.45, 2.75) is 0 Å². The van der Waals surface area contributed by atoms with Crippen LogP contribution in [0.2, 0.25) is 20.1 Å². The summed E-state index contributed by atoms with van der Waals surface area (Å²) in [6, 6.07) is 13.9. The average molecular weight is 455 g/mol. The van der Waals surface area contributed by atoms with Crippen molar-refractivity contribution in [3.8, 4) is 0 Å². The first-order valence-electron chi connectivity index (χ1n) is 7.83. The molecule has 142 valence electrons. The van der Waals surface area contributed by atoms with E-state index in [1.165, 1.54) is 24.3 Å². The van der Waals surface area contributed by atoms with Gasteiger partial charge in [-0.25, -0.2) is 4.98 Å². The van der Waals surface area contributed by atoms with Crippen LogP contribution in [0.1, 0.15) is 20.7 Å². The van der Waals surface area contributed by atoms with E-state index in [0.717, 1.165) is 0 Å². The molecule has 0 unspecified atom stereocenters. The maximum absolute atomic E-state index is 12.3. The molecule has 3 rings (SSSR count). The van der Waals surface area contributed by atoms with Crippen molar-refractivity contribution in [3.05, 3.63) is 85.8 Å². The van der Waals surface area contributed by atoms with E-state index in [4.69, 9.17) is 46.4 Å². The van der Waals surface area contributed by atoms with Crippen LogP contribution in [-0.4, -0.2) is 16.8 Å². The number of hydrogen-bond donors (Lipinski definition) is 2. The normalized spacial score (nSPS) is 10.4. The minimum atomic E-state index is -0.418. The third kappa shape index (κ3) is 4.94. The van der Waals surface area contributed by atoms with Crippen molar-refractivity contribution in [3.63, 3.8) is 0 Å². The minimum absolute atomic E-state index is 0.253. The highest BCUT2D eigenvalue weighted by molar-refractivity contribution is 6.42. The second-order valence-electron chi connectivity index (χ2n) is 5.57. The molecular formula is C19H11Cl4N3O2. The lowest BCUT2D eigenvalue weighted by Gasteiger charge is -2.09. The van der Waals surface area contributed by atoms with Gasteiger partial charge in [0.25, 0.3) is 11.8 Å². The summed E-state index contributed by atoms with van der Waals surface area (Å²) < 4.78 is 0. The zero-order chi connectivity index (χ0) is 20.3. The lowest BCUT2D eigenvalue weighted by atomic mass is 10.2. The summed E-state index contributed by atoms with van der Waals surface area (Å²) in [4.78, 5) is 28.9. The van der Waals surface area contributed by atoms with Gasteiger partial charge >= 0.3 is 0 Å². The fourth-order valence-corrected chi connectivity index (χ4v) is 2.82. The maximum Gasteiger partial charge on any atom is 0.256 e. The number of aromatic nitrogens is 1. The van der Waals surface area contributed by atoms with Crippen LogP contribution < -0.4 is 10.6 Å². The number of pyridine rings is 1. The molecule has 28 heavy (non-hydrogen) atoms. The largest absolute Gasteiger partial charge is 0.306 e.